The summed E-state index contributed by atoms with van der Waals surface area (Å²) in [6.07, 6.45) is 10.4. The van der Waals surface area contributed by atoms with Gasteiger partial charge in [0.15, 0.2) is 0 Å². The molecule has 1 aromatic heterocycles. The molecule has 1 atom stereocenters. The molecule has 8 nitrogen and oxygen atoms in total. The number of carbonyl (C=O) groups is 2. The Bertz CT molecular complexity index is 1480. The van der Waals surface area contributed by atoms with Gasteiger partial charge in [-0.3, -0.25) is 9.78 Å². The molecule has 0 spiro atoms. The number of carbonyl (C=O) groups excluding carboxylic acids is 2. The molecule has 0 saturated carbocycles. The van der Waals surface area contributed by atoms with Gasteiger partial charge in [-0.25, -0.2) is 4.79 Å². The summed E-state index contributed by atoms with van der Waals surface area (Å²) in [5.74, 6) is -0.0437. The van der Waals surface area contributed by atoms with Crippen LogP contribution in [0.5, 0.6) is 5.75 Å². The van der Waals surface area contributed by atoms with Crippen LogP contribution in [0.3, 0.4) is 0 Å². The minimum absolute atomic E-state index is 0.208. The number of rotatable bonds is 19. The highest BCUT2D eigenvalue weighted by Crippen LogP contribution is 2.52. The first kappa shape index (κ1) is 35.8. The number of anilines is 3. The largest absolute Gasteiger partial charge is 0.493 e. The van der Waals surface area contributed by atoms with Crippen LogP contribution >= 0.6 is 0 Å². The molecule has 254 valence electrons. The van der Waals surface area contributed by atoms with Crippen LogP contribution in [-0.2, 0) is 15.1 Å². The number of fused-ring (bicyclic) bond motifs is 1. The topological polar surface area (TPSA) is 84.0 Å². The monoisotopic (exact) mass is 642 g/mol. The molecule has 4 rings (SSSR count). The van der Waals surface area contributed by atoms with E-state index in [0.29, 0.717) is 40.4 Å². The Labute approximate surface area is 281 Å². The van der Waals surface area contributed by atoms with Crippen molar-refractivity contribution in [3.05, 3.63) is 77.1 Å². The maximum atomic E-state index is 13.6. The normalized spacial score (nSPS) is 15.2. The first-order valence-electron chi connectivity index (χ1n) is 17.7. The molecule has 2 heterocycles. The molecule has 0 radical (unpaired) electrons. The van der Waals surface area contributed by atoms with E-state index in [1.54, 1.807) is 18.3 Å². The predicted molar refractivity (Wildman–Crippen MR) is 192 cm³/mol. The lowest BCUT2D eigenvalue weighted by atomic mass is 9.81. The standard InChI is InChI=1S/C39H54N4O4/c1-7-12-23-42(24-13-8-2)30-18-20-33(35(27-30)41-29(6)44)39(37-32(38(45)47-39)17-16-22-40-37)34-21-19-31(28-36(34)46-11-5)43(25-14-9-3)26-15-10-4/h16-22,27-28H,7-15,23-26H2,1-6H3,(H,41,44). The predicted octanol–water partition coefficient (Wildman–Crippen LogP) is 8.71. The summed E-state index contributed by atoms with van der Waals surface area (Å²) in [5, 5.41) is 3.09. The van der Waals surface area contributed by atoms with Gasteiger partial charge in [-0.2, -0.15) is 0 Å². The van der Waals surface area contributed by atoms with Gasteiger partial charge in [-0.15, -0.1) is 0 Å². The molecule has 1 aliphatic rings. The first-order chi connectivity index (χ1) is 22.8. The number of nitrogens with one attached hydrogen (secondary N) is 1. The number of pyridine rings is 1. The van der Waals surface area contributed by atoms with Crippen LogP contribution in [0.15, 0.2) is 54.7 Å². The van der Waals surface area contributed by atoms with Crippen molar-refractivity contribution in [3.63, 3.8) is 0 Å². The number of aromatic nitrogens is 1. The van der Waals surface area contributed by atoms with Crippen LogP contribution in [0.25, 0.3) is 0 Å². The molecule has 0 fully saturated rings. The number of hydrogen-bond donors (Lipinski definition) is 1. The third-order valence-corrected chi connectivity index (χ3v) is 8.80. The van der Waals surface area contributed by atoms with Crippen LogP contribution in [0, 0.1) is 0 Å². The fourth-order valence-corrected chi connectivity index (χ4v) is 6.34. The molecule has 0 saturated heterocycles. The smallest absolute Gasteiger partial charge is 0.341 e. The Balaban J connectivity index is 1.97. The van der Waals surface area contributed by atoms with Gasteiger partial charge >= 0.3 is 5.97 Å². The van der Waals surface area contributed by atoms with Gasteiger partial charge in [0.05, 0.1) is 17.9 Å². The summed E-state index contributed by atoms with van der Waals surface area (Å²) in [6, 6.07) is 15.8. The average molecular weight is 643 g/mol. The van der Waals surface area contributed by atoms with Gasteiger partial charge in [0.1, 0.15) is 11.4 Å². The van der Waals surface area contributed by atoms with E-state index >= 15 is 0 Å². The molecule has 1 N–H and O–H groups in total. The van der Waals surface area contributed by atoms with Crippen LogP contribution in [0.4, 0.5) is 17.1 Å². The lowest BCUT2D eigenvalue weighted by molar-refractivity contribution is -0.114. The third-order valence-electron chi connectivity index (χ3n) is 8.80. The molecular formula is C39H54N4O4. The zero-order valence-electron chi connectivity index (χ0n) is 29.4. The van der Waals surface area contributed by atoms with E-state index in [0.717, 1.165) is 88.9 Å². The van der Waals surface area contributed by atoms with E-state index < -0.39 is 11.6 Å². The van der Waals surface area contributed by atoms with E-state index in [1.807, 2.05) is 25.1 Å². The van der Waals surface area contributed by atoms with Crippen molar-refractivity contribution in [2.24, 2.45) is 0 Å². The number of amides is 1. The summed E-state index contributed by atoms with van der Waals surface area (Å²) in [4.78, 5) is 36.0. The van der Waals surface area contributed by atoms with Crippen molar-refractivity contribution in [2.45, 2.75) is 98.5 Å². The Hall–Kier alpha value is -4.07. The van der Waals surface area contributed by atoms with Crippen LogP contribution < -0.4 is 19.9 Å². The Morgan fingerprint density at radius 1 is 0.809 bits per heavy atom. The molecule has 1 amide bonds. The Morgan fingerprint density at radius 3 is 1.89 bits per heavy atom. The molecule has 0 bridgehead atoms. The highest BCUT2D eigenvalue weighted by molar-refractivity contribution is 5.97. The highest BCUT2D eigenvalue weighted by Gasteiger charge is 2.53. The number of benzene rings is 2. The fraction of sp³-hybridized carbons (Fsp3) is 0.513. The SMILES string of the molecule is CCCCN(CCCC)c1ccc(C2(c3ccc(N(CCCC)CCCC)cc3OCC)OC(=O)c3cccnc32)c(NC(C)=O)c1. The third kappa shape index (κ3) is 8.09. The number of cyclic esters (lactones) is 1. The van der Waals surface area contributed by atoms with Gasteiger partial charge in [0.2, 0.25) is 11.5 Å². The maximum absolute atomic E-state index is 13.6. The van der Waals surface area contributed by atoms with Gasteiger partial charge in [0.25, 0.3) is 0 Å². The van der Waals surface area contributed by atoms with Crippen LogP contribution in [0.1, 0.15) is 120 Å². The summed E-state index contributed by atoms with van der Waals surface area (Å²) < 4.78 is 12.9. The minimum atomic E-state index is -1.44. The second kappa shape index (κ2) is 17.2. The molecule has 2 aromatic carbocycles. The summed E-state index contributed by atoms with van der Waals surface area (Å²) in [7, 11) is 0. The fourth-order valence-electron chi connectivity index (χ4n) is 6.34. The van der Waals surface area contributed by atoms with Crippen molar-refractivity contribution in [1.82, 2.24) is 4.98 Å². The van der Waals surface area contributed by atoms with Gasteiger partial charge in [-0.05, 0) is 69.0 Å². The highest BCUT2D eigenvalue weighted by atomic mass is 16.6. The average Bonchev–Trinajstić information content (AvgIpc) is 3.37. The van der Waals surface area contributed by atoms with E-state index in [-0.39, 0.29) is 5.91 Å². The van der Waals surface area contributed by atoms with Crippen LogP contribution in [0.2, 0.25) is 0 Å². The molecule has 0 aliphatic carbocycles. The number of ether oxygens (including phenoxy) is 2. The van der Waals surface area contributed by atoms with E-state index in [9.17, 15) is 9.59 Å². The lowest BCUT2D eigenvalue weighted by Gasteiger charge is -2.34. The van der Waals surface area contributed by atoms with Gasteiger partial charge in [-0.1, -0.05) is 59.4 Å². The van der Waals surface area contributed by atoms with Crippen LogP contribution in [-0.4, -0.2) is 49.6 Å². The number of unbranched alkanes of at least 4 members (excludes halogenated alkanes) is 4. The van der Waals surface area contributed by atoms with E-state index in [4.69, 9.17) is 14.5 Å². The Kier molecular flexibility index (Phi) is 13.1. The quantitative estimate of drug-likeness (QED) is 0.131. The van der Waals surface area contributed by atoms with E-state index in [2.05, 4.69) is 61.0 Å². The molecule has 8 heteroatoms. The van der Waals surface area contributed by atoms with Crippen molar-refractivity contribution in [3.8, 4) is 5.75 Å². The molecule has 1 aliphatic heterocycles. The number of nitrogens with zero attached hydrogens (tertiary/aromatic N) is 3. The minimum Gasteiger partial charge on any atom is -0.493 e. The number of hydrogen-bond acceptors (Lipinski definition) is 7. The summed E-state index contributed by atoms with van der Waals surface area (Å²) in [5.41, 5.74) is 3.42. The second-order valence-electron chi connectivity index (χ2n) is 12.4. The van der Waals surface area contributed by atoms with Crippen molar-refractivity contribution in [1.29, 1.82) is 0 Å². The zero-order valence-corrected chi connectivity index (χ0v) is 29.4. The molecule has 47 heavy (non-hydrogen) atoms. The van der Waals surface area contributed by atoms with Gasteiger partial charge in [0, 0.05) is 67.9 Å². The summed E-state index contributed by atoms with van der Waals surface area (Å²) in [6.45, 7) is 16.4. The molecule has 3 aromatic rings. The van der Waals surface area contributed by atoms with Crippen molar-refractivity contribution >= 4 is 28.9 Å². The first-order valence-corrected chi connectivity index (χ1v) is 17.7. The maximum Gasteiger partial charge on any atom is 0.341 e. The Morgan fingerprint density at radius 2 is 1.36 bits per heavy atom. The molecular weight excluding hydrogens is 588 g/mol. The summed E-state index contributed by atoms with van der Waals surface area (Å²) >= 11 is 0. The molecule has 1 unspecified atom stereocenters. The van der Waals surface area contributed by atoms with Gasteiger partial charge < -0.3 is 24.6 Å². The second-order valence-corrected chi connectivity index (χ2v) is 12.4. The van der Waals surface area contributed by atoms with Crippen molar-refractivity contribution in [2.75, 3.05) is 47.9 Å². The zero-order chi connectivity index (χ0) is 33.8. The number of esters is 1. The van der Waals surface area contributed by atoms with Crippen molar-refractivity contribution < 1.29 is 19.1 Å². The van der Waals surface area contributed by atoms with E-state index in [1.165, 1.54) is 6.92 Å². The lowest BCUT2D eigenvalue weighted by Crippen LogP contribution is -2.33.